The molecule has 0 bridgehead atoms. The fraction of sp³-hybridized carbons (Fsp3) is 0.333. The maximum atomic E-state index is 12.2. The molecule has 114 valence electrons. The standard InChI is InChI=1S/C18H21N3O/c22-18(16-7-9-19-10-8-16)20-17-6-4-5-15(13-17)14-21-11-2-1-3-12-21/h4-10,13H,1-3,11-12,14H2,(H,20,22). The minimum Gasteiger partial charge on any atom is -0.322 e. The van der Waals surface area contributed by atoms with Crippen molar-refractivity contribution in [2.45, 2.75) is 25.8 Å². The number of pyridine rings is 1. The SMILES string of the molecule is O=C(Nc1cccc(CN2CCCCC2)c1)c1ccncc1. The third kappa shape index (κ3) is 3.92. The second-order valence-electron chi connectivity index (χ2n) is 5.73. The van der Waals surface area contributed by atoms with Gasteiger partial charge in [-0.1, -0.05) is 18.6 Å². The number of amides is 1. The van der Waals surface area contributed by atoms with E-state index >= 15 is 0 Å². The monoisotopic (exact) mass is 295 g/mol. The number of likely N-dealkylation sites (tertiary alicyclic amines) is 1. The molecule has 3 rings (SSSR count). The van der Waals surface area contributed by atoms with Crippen molar-refractivity contribution in [1.82, 2.24) is 9.88 Å². The van der Waals surface area contributed by atoms with Crippen molar-refractivity contribution < 1.29 is 4.79 Å². The molecule has 4 nitrogen and oxygen atoms in total. The summed E-state index contributed by atoms with van der Waals surface area (Å²) in [5.74, 6) is -0.0995. The Morgan fingerprint density at radius 3 is 2.64 bits per heavy atom. The highest BCUT2D eigenvalue weighted by molar-refractivity contribution is 6.04. The largest absolute Gasteiger partial charge is 0.322 e. The molecule has 1 aliphatic heterocycles. The predicted molar refractivity (Wildman–Crippen MR) is 87.8 cm³/mol. The Morgan fingerprint density at radius 2 is 1.86 bits per heavy atom. The van der Waals surface area contributed by atoms with E-state index in [1.54, 1.807) is 24.5 Å². The zero-order chi connectivity index (χ0) is 15.2. The van der Waals surface area contributed by atoms with Crippen LogP contribution in [-0.2, 0) is 6.54 Å². The van der Waals surface area contributed by atoms with Crippen LogP contribution < -0.4 is 5.32 Å². The number of nitrogens with zero attached hydrogens (tertiary/aromatic N) is 2. The Balaban J connectivity index is 1.64. The summed E-state index contributed by atoms with van der Waals surface area (Å²) in [7, 11) is 0. The number of anilines is 1. The summed E-state index contributed by atoms with van der Waals surface area (Å²) in [6.45, 7) is 3.31. The number of aromatic nitrogens is 1. The lowest BCUT2D eigenvalue weighted by Gasteiger charge is -2.26. The molecule has 1 amide bonds. The van der Waals surface area contributed by atoms with Crippen LogP contribution in [0.2, 0.25) is 0 Å². The van der Waals surface area contributed by atoms with Gasteiger partial charge in [-0.05, 0) is 55.8 Å². The third-order valence-corrected chi connectivity index (χ3v) is 3.98. The molecule has 0 saturated carbocycles. The highest BCUT2D eigenvalue weighted by atomic mass is 16.1. The molecule has 0 atom stereocenters. The van der Waals surface area contributed by atoms with Crippen LogP contribution in [0.5, 0.6) is 0 Å². The van der Waals surface area contributed by atoms with Crippen molar-refractivity contribution in [2.24, 2.45) is 0 Å². The number of hydrogen-bond donors (Lipinski definition) is 1. The molecule has 1 saturated heterocycles. The summed E-state index contributed by atoms with van der Waals surface area (Å²) in [4.78, 5) is 18.6. The molecule has 1 aromatic heterocycles. The van der Waals surface area contributed by atoms with Gasteiger partial charge < -0.3 is 5.32 Å². The quantitative estimate of drug-likeness (QED) is 0.941. The molecule has 2 heterocycles. The van der Waals surface area contributed by atoms with Gasteiger partial charge in [0.05, 0.1) is 0 Å². The molecule has 0 radical (unpaired) electrons. The number of hydrogen-bond acceptors (Lipinski definition) is 3. The number of piperidine rings is 1. The van der Waals surface area contributed by atoms with E-state index in [0.717, 1.165) is 12.2 Å². The second-order valence-corrected chi connectivity index (χ2v) is 5.73. The van der Waals surface area contributed by atoms with Crippen molar-refractivity contribution in [2.75, 3.05) is 18.4 Å². The minimum atomic E-state index is -0.0995. The first-order valence-electron chi connectivity index (χ1n) is 7.84. The van der Waals surface area contributed by atoms with Crippen LogP contribution in [0.4, 0.5) is 5.69 Å². The van der Waals surface area contributed by atoms with E-state index in [1.807, 2.05) is 12.1 Å². The topological polar surface area (TPSA) is 45.2 Å². The predicted octanol–water partition coefficient (Wildman–Crippen LogP) is 3.32. The van der Waals surface area contributed by atoms with E-state index in [0.29, 0.717) is 5.56 Å². The molecule has 0 aliphatic carbocycles. The Hall–Kier alpha value is -2.20. The number of rotatable bonds is 4. The van der Waals surface area contributed by atoms with E-state index in [9.17, 15) is 4.79 Å². The zero-order valence-corrected chi connectivity index (χ0v) is 12.7. The first-order valence-corrected chi connectivity index (χ1v) is 7.84. The molecule has 1 fully saturated rings. The van der Waals surface area contributed by atoms with Gasteiger partial charge in [0.1, 0.15) is 0 Å². The maximum absolute atomic E-state index is 12.2. The number of carbonyl (C=O) groups excluding carboxylic acids is 1. The van der Waals surface area contributed by atoms with Crippen LogP contribution in [-0.4, -0.2) is 28.9 Å². The molecule has 1 N–H and O–H groups in total. The van der Waals surface area contributed by atoms with E-state index in [1.165, 1.54) is 37.9 Å². The number of nitrogens with one attached hydrogen (secondary N) is 1. The normalized spacial score (nSPS) is 15.5. The smallest absolute Gasteiger partial charge is 0.255 e. The van der Waals surface area contributed by atoms with Gasteiger partial charge in [0, 0.05) is 30.2 Å². The van der Waals surface area contributed by atoms with Crippen LogP contribution >= 0.6 is 0 Å². The van der Waals surface area contributed by atoms with E-state index in [2.05, 4.69) is 27.3 Å². The molecule has 4 heteroatoms. The highest BCUT2D eigenvalue weighted by Crippen LogP contribution is 2.16. The van der Waals surface area contributed by atoms with E-state index < -0.39 is 0 Å². The summed E-state index contributed by atoms with van der Waals surface area (Å²) in [6.07, 6.45) is 7.18. The van der Waals surface area contributed by atoms with Gasteiger partial charge in [0.2, 0.25) is 0 Å². The van der Waals surface area contributed by atoms with Crippen LogP contribution in [0.1, 0.15) is 35.2 Å². The summed E-state index contributed by atoms with van der Waals surface area (Å²) >= 11 is 0. The lowest BCUT2D eigenvalue weighted by molar-refractivity contribution is 0.102. The average Bonchev–Trinajstić information content (AvgIpc) is 2.57. The Morgan fingerprint density at radius 1 is 1.09 bits per heavy atom. The fourth-order valence-electron chi connectivity index (χ4n) is 2.83. The molecular weight excluding hydrogens is 274 g/mol. The van der Waals surface area contributed by atoms with Crippen LogP contribution in [0.25, 0.3) is 0 Å². The van der Waals surface area contributed by atoms with E-state index in [-0.39, 0.29) is 5.91 Å². The summed E-state index contributed by atoms with van der Waals surface area (Å²) in [5.41, 5.74) is 2.71. The van der Waals surface area contributed by atoms with E-state index in [4.69, 9.17) is 0 Å². The molecule has 1 aromatic carbocycles. The summed E-state index contributed by atoms with van der Waals surface area (Å²) in [6, 6.07) is 11.5. The number of carbonyl (C=O) groups is 1. The maximum Gasteiger partial charge on any atom is 0.255 e. The molecule has 22 heavy (non-hydrogen) atoms. The second kappa shape index (κ2) is 7.18. The van der Waals surface area contributed by atoms with Crippen molar-refractivity contribution in [3.63, 3.8) is 0 Å². The van der Waals surface area contributed by atoms with Crippen molar-refractivity contribution >= 4 is 11.6 Å². The van der Waals surface area contributed by atoms with Crippen molar-refractivity contribution in [3.05, 3.63) is 59.9 Å². The van der Waals surface area contributed by atoms with Gasteiger partial charge in [0.15, 0.2) is 0 Å². The van der Waals surface area contributed by atoms with Gasteiger partial charge in [-0.25, -0.2) is 0 Å². The third-order valence-electron chi connectivity index (χ3n) is 3.98. The molecular formula is C18H21N3O. The number of benzene rings is 1. The lowest BCUT2D eigenvalue weighted by Crippen LogP contribution is -2.29. The molecule has 1 aliphatic rings. The first kappa shape index (κ1) is 14.7. The zero-order valence-electron chi connectivity index (χ0n) is 12.7. The fourth-order valence-corrected chi connectivity index (χ4v) is 2.83. The minimum absolute atomic E-state index is 0.0995. The van der Waals surface area contributed by atoms with Gasteiger partial charge in [-0.3, -0.25) is 14.7 Å². The lowest BCUT2D eigenvalue weighted by atomic mass is 10.1. The van der Waals surface area contributed by atoms with Gasteiger partial charge in [-0.15, -0.1) is 0 Å². The Labute approximate surface area is 131 Å². The summed E-state index contributed by atoms with van der Waals surface area (Å²) in [5, 5.41) is 2.95. The van der Waals surface area contributed by atoms with Crippen LogP contribution in [0, 0.1) is 0 Å². The van der Waals surface area contributed by atoms with Gasteiger partial charge >= 0.3 is 0 Å². The molecule has 0 unspecified atom stereocenters. The first-order chi connectivity index (χ1) is 10.8. The van der Waals surface area contributed by atoms with Crippen LogP contribution in [0.3, 0.4) is 0 Å². The summed E-state index contributed by atoms with van der Waals surface area (Å²) < 4.78 is 0. The highest BCUT2D eigenvalue weighted by Gasteiger charge is 2.11. The van der Waals surface area contributed by atoms with Gasteiger partial charge in [0.25, 0.3) is 5.91 Å². The molecule has 0 spiro atoms. The van der Waals surface area contributed by atoms with Crippen molar-refractivity contribution in [1.29, 1.82) is 0 Å². The Bertz CT molecular complexity index is 621. The Kier molecular flexibility index (Phi) is 4.81. The van der Waals surface area contributed by atoms with Crippen LogP contribution in [0.15, 0.2) is 48.8 Å². The molecule has 2 aromatic rings. The van der Waals surface area contributed by atoms with Crippen molar-refractivity contribution in [3.8, 4) is 0 Å². The average molecular weight is 295 g/mol. The van der Waals surface area contributed by atoms with Gasteiger partial charge in [-0.2, -0.15) is 0 Å².